The highest BCUT2D eigenvalue weighted by Gasteiger charge is 2.48. The van der Waals surface area contributed by atoms with Crippen LogP contribution in [-0.4, -0.2) is 54.8 Å². The maximum atomic E-state index is 13.7. The van der Waals surface area contributed by atoms with Crippen molar-refractivity contribution in [2.24, 2.45) is 11.7 Å². The first-order chi connectivity index (χ1) is 20.6. The molecule has 1 unspecified atom stereocenters. The molecule has 10 heteroatoms. The summed E-state index contributed by atoms with van der Waals surface area (Å²) in [6, 6.07) is 13.6. The number of aliphatic carboxylic acids is 1. The Labute approximate surface area is 250 Å². The molecule has 2 amide bonds. The van der Waals surface area contributed by atoms with E-state index >= 15 is 0 Å². The van der Waals surface area contributed by atoms with Crippen LogP contribution in [0, 0.1) is 12.8 Å². The van der Waals surface area contributed by atoms with Crippen LogP contribution in [0.25, 0.3) is 0 Å². The Balaban J connectivity index is 1.53. The Morgan fingerprint density at radius 3 is 2.28 bits per heavy atom. The van der Waals surface area contributed by atoms with E-state index in [9.17, 15) is 19.5 Å². The van der Waals surface area contributed by atoms with E-state index in [0.717, 1.165) is 35.2 Å². The zero-order valence-corrected chi connectivity index (χ0v) is 24.8. The first kappa shape index (κ1) is 29.9. The van der Waals surface area contributed by atoms with E-state index < -0.39 is 29.8 Å². The van der Waals surface area contributed by atoms with Crippen molar-refractivity contribution in [2.75, 3.05) is 32.3 Å². The highest BCUT2D eigenvalue weighted by Crippen LogP contribution is 2.50. The van der Waals surface area contributed by atoms with Crippen molar-refractivity contribution in [1.29, 1.82) is 0 Å². The van der Waals surface area contributed by atoms with Crippen LogP contribution < -0.4 is 25.3 Å². The normalized spacial score (nSPS) is 19.3. The monoisotopic (exact) mass is 587 g/mol. The summed E-state index contributed by atoms with van der Waals surface area (Å²) < 4.78 is 16.7. The SMILES string of the molecule is CCc1cc(C)cc(CC)c1NC(=O)CN1C[C@H](c2cc(OC)c3c(c2)OCO3)C(C(=O)O)[C@@H]1c1ccc(C(N)=O)cc1. The zero-order valence-electron chi connectivity index (χ0n) is 24.8. The molecule has 10 nitrogen and oxygen atoms in total. The zero-order chi connectivity index (χ0) is 30.8. The van der Waals surface area contributed by atoms with Crippen LogP contribution in [0.5, 0.6) is 17.2 Å². The molecule has 3 aromatic rings. The van der Waals surface area contributed by atoms with Gasteiger partial charge in [-0.3, -0.25) is 19.3 Å². The molecule has 0 saturated carbocycles. The number of nitrogens with zero attached hydrogens (tertiary/aromatic N) is 1. The van der Waals surface area contributed by atoms with Gasteiger partial charge < -0.3 is 30.4 Å². The van der Waals surface area contributed by atoms with Gasteiger partial charge in [0.2, 0.25) is 24.4 Å². The summed E-state index contributed by atoms with van der Waals surface area (Å²) in [6.45, 7) is 6.44. The molecule has 0 bridgehead atoms. The minimum Gasteiger partial charge on any atom is -0.493 e. The lowest BCUT2D eigenvalue weighted by molar-refractivity contribution is -0.143. The Bertz CT molecular complexity index is 1530. The van der Waals surface area contributed by atoms with Crippen molar-refractivity contribution < 1.29 is 33.7 Å². The van der Waals surface area contributed by atoms with Gasteiger partial charge in [0, 0.05) is 29.8 Å². The van der Waals surface area contributed by atoms with Crippen LogP contribution in [0.3, 0.4) is 0 Å². The largest absolute Gasteiger partial charge is 0.493 e. The Hall–Kier alpha value is -4.57. The van der Waals surface area contributed by atoms with Gasteiger partial charge in [0.1, 0.15) is 0 Å². The van der Waals surface area contributed by atoms with Crippen LogP contribution in [0.4, 0.5) is 5.69 Å². The average molecular weight is 588 g/mol. The van der Waals surface area contributed by atoms with Gasteiger partial charge in [0.05, 0.1) is 19.6 Å². The average Bonchev–Trinajstić information content (AvgIpc) is 3.62. The number of carboxylic acid groups (broad SMARTS) is 1. The number of nitrogens with one attached hydrogen (secondary N) is 1. The van der Waals surface area contributed by atoms with Gasteiger partial charge >= 0.3 is 5.97 Å². The second-order valence-electron chi connectivity index (χ2n) is 11.0. The van der Waals surface area contributed by atoms with E-state index in [-0.39, 0.29) is 25.8 Å². The highest BCUT2D eigenvalue weighted by molar-refractivity contribution is 5.94. The molecule has 0 spiro atoms. The van der Waals surface area contributed by atoms with Crippen molar-refractivity contribution >= 4 is 23.5 Å². The summed E-state index contributed by atoms with van der Waals surface area (Å²) in [6.07, 6.45) is 1.52. The Morgan fingerprint density at radius 1 is 1.02 bits per heavy atom. The van der Waals surface area contributed by atoms with E-state index in [2.05, 4.69) is 31.3 Å². The topological polar surface area (TPSA) is 140 Å². The number of rotatable bonds is 10. The summed E-state index contributed by atoms with van der Waals surface area (Å²) >= 11 is 0. The summed E-state index contributed by atoms with van der Waals surface area (Å²) in [7, 11) is 1.52. The molecule has 1 saturated heterocycles. The quantitative estimate of drug-likeness (QED) is 0.316. The smallest absolute Gasteiger partial charge is 0.309 e. The first-order valence-electron chi connectivity index (χ1n) is 14.4. The van der Waals surface area contributed by atoms with Gasteiger partial charge in [0.15, 0.2) is 11.5 Å². The van der Waals surface area contributed by atoms with Gasteiger partial charge in [-0.05, 0) is 66.3 Å². The number of carbonyl (C=O) groups is 3. The maximum Gasteiger partial charge on any atom is 0.309 e. The molecule has 0 radical (unpaired) electrons. The number of likely N-dealkylation sites (tertiary alicyclic amines) is 1. The lowest BCUT2D eigenvalue weighted by Gasteiger charge is -2.27. The van der Waals surface area contributed by atoms with Gasteiger partial charge in [-0.15, -0.1) is 0 Å². The fraction of sp³-hybridized carbons (Fsp3) is 0.364. The van der Waals surface area contributed by atoms with Crippen molar-refractivity contribution in [1.82, 2.24) is 4.90 Å². The number of hydrogen-bond acceptors (Lipinski definition) is 7. The van der Waals surface area contributed by atoms with Gasteiger partial charge in [0.25, 0.3) is 0 Å². The Morgan fingerprint density at radius 2 is 1.70 bits per heavy atom. The molecule has 0 aliphatic carbocycles. The lowest BCUT2D eigenvalue weighted by atomic mass is 9.82. The number of fused-ring (bicyclic) bond motifs is 1. The van der Waals surface area contributed by atoms with E-state index in [1.54, 1.807) is 36.4 Å². The Kier molecular flexibility index (Phi) is 8.59. The van der Waals surface area contributed by atoms with Gasteiger partial charge in [-0.1, -0.05) is 43.7 Å². The lowest BCUT2D eigenvalue weighted by Crippen LogP contribution is -2.35. The summed E-state index contributed by atoms with van der Waals surface area (Å²) in [5.74, 6) is -1.84. The number of carboxylic acids is 1. The second kappa shape index (κ2) is 12.3. The predicted octanol–water partition coefficient (Wildman–Crippen LogP) is 4.44. The predicted molar refractivity (Wildman–Crippen MR) is 161 cm³/mol. The fourth-order valence-corrected chi connectivity index (χ4v) is 6.36. The van der Waals surface area contributed by atoms with Gasteiger partial charge in [-0.25, -0.2) is 0 Å². The van der Waals surface area contributed by atoms with E-state index in [0.29, 0.717) is 33.9 Å². The number of amides is 2. The molecular weight excluding hydrogens is 550 g/mol. The molecule has 0 aromatic heterocycles. The number of benzene rings is 3. The third-order valence-corrected chi connectivity index (χ3v) is 8.35. The first-order valence-corrected chi connectivity index (χ1v) is 14.4. The molecule has 226 valence electrons. The van der Waals surface area contributed by atoms with Crippen molar-refractivity contribution in [2.45, 2.75) is 45.6 Å². The number of methoxy groups -OCH3 is 1. The van der Waals surface area contributed by atoms with Crippen LogP contribution in [0.15, 0.2) is 48.5 Å². The molecule has 2 aliphatic rings. The number of hydrogen-bond donors (Lipinski definition) is 3. The van der Waals surface area contributed by atoms with Crippen LogP contribution in [-0.2, 0) is 22.4 Å². The molecule has 1 fully saturated rings. The van der Waals surface area contributed by atoms with Crippen molar-refractivity contribution in [3.05, 3.63) is 81.9 Å². The minimum atomic E-state index is -1.01. The van der Waals surface area contributed by atoms with Gasteiger partial charge in [-0.2, -0.15) is 0 Å². The molecule has 5 rings (SSSR count). The van der Waals surface area contributed by atoms with E-state index in [4.69, 9.17) is 19.9 Å². The maximum absolute atomic E-state index is 13.7. The van der Waals surface area contributed by atoms with E-state index in [1.165, 1.54) is 7.11 Å². The summed E-state index contributed by atoms with van der Waals surface area (Å²) in [5.41, 5.74) is 11.2. The van der Waals surface area contributed by atoms with Crippen LogP contribution >= 0.6 is 0 Å². The molecule has 2 aliphatic heterocycles. The number of carbonyl (C=O) groups excluding carboxylic acids is 2. The third kappa shape index (κ3) is 5.87. The molecule has 2 heterocycles. The fourth-order valence-electron chi connectivity index (χ4n) is 6.36. The molecule has 3 aromatic carbocycles. The number of nitrogens with two attached hydrogens (primary N) is 1. The van der Waals surface area contributed by atoms with Crippen molar-refractivity contribution in [3.8, 4) is 17.2 Å². The molecule has 3 atom stereocenters. The van der Waals surface area contributed by atoms with Crippen molar-refractivity contribution in [3.63, 3.8) is 0 Å². The summed E-state index contributed by atoms with van der Waals surface area (Å²) in [5, 5.41) is 13.7. The third-order valence-electron chi connectivity index (χ3n) is 8.35. The molecule has 4 N–H and O–H groups in total. The minimum absolute atomic E-state index is 0.0373. The number of ether oxygens (including phenoxy) is 3. The summed E-state index contributed by atoms with van der Waals surface area (Å²) in [4.78, 5) is 40.3. The standard InChI is InChI=1S/C33H37N3O7/c1-5-19-11-18(3)12-20(6-2)29(19)35-27(37)16-36-15-24(23-13-25(41-4)31-26(14-23)42-17-43-31)28(33(39)40)30(36)21-7-9-22(10-8-21)32(34)38/h7-14,24,28,30H,5-6,15-17H2,1-4H3,(H2,34,38)(H,35,37)(H,39,40)/t24-,28?,30+/m1/s1. The van der Waals surface area contributed by atoms with E-state index in [1.807, 2.05) is 11.8 Å². The number of anilines is 1. The number of primary amides is 1. The second-order valence-corrected chi connectivity index (χ2v) is 11.0. The molecule has 43 heavy (non-hydrogen) atoms. The van der Waals surface area contributed by atoms with Crippen LogP contribution in [0.1, 0.15) is 64.0 Å². The molecular formula is C33H37N3O7. The van der Waals surface area contributed by atoms with Crippen LogP contribution in [0.2, 0.25) is 0 Å². The number of aryl methyl sites for hydroxylation is 3. The highest BCUT2D eigenvalue weighted by atomic mass is 16.7.